The van der Waals surface area contributed by atoms with Crippen LogP contribution in [0.25, 0.3) is 0 Å². The van der Waals surface area contributed by atoms with Gasteiger partial charge in [-0.25, -0.2) is 0 Å². The zero-order chi connectivity index (χ0) is 13.3. The minimum absolute atomic E-state index is 0.0299. The molecule has 2 unspecified atom stereocenters. The van der Waals surface area contributed by atoms with Crippen molar-refractivity contribution < 1.29 is 9.85 Å². The van der Waals surface area contributed by atoms with Crippen molar-refractivity contribution in [3.63, 3.8) is 0 Å². The van der Waals surface area contributed by atoms with Crippen LogP contribution in [0.4, 0.5) is 0 Å². The highest BCUT2D eigenvalue weighted by molar-refractivity contribution is 5.38. The van der Waals surface area contributed by atoms with Crippen molar-refractivity contribution in [2.75, 3.05) is 0 Å². The lowest BCUT2D eigenvalue weighted by Crippen LogP contribution is -2.43. The lowest BCUT2D eigenvalue weighted by Gasteiger charge is -2.36. The number of rotatable bonds is 2. The van der Waals surface area contributed by atoms with Gasteiger partial charge in [0.1, 0.15) is 11.9 Å². The first-order valence-electron chi connectivity index (χ1n) is 6.71. The van der Waals surface area contributed by atoms with E-state index in [-0.39, 0.29) is 17.6 Å². The third-order valence-electron chi connectivity index (χ3n) is 3.38. The molecular weight excluding hydrogens is 212 g/mol. The van der Waals surface area contributed by atoms with Gasteiger partial charge in [-0.3, -0.25) is 0 Å². The zero-order valence-corrected chi connectivity index (χ0v) is 11.1. The summed E-state index contributed by atoms with van der Waals surface area (Å²) in [5.41, 5.74) is 2.44. The number of aryl methyl sites for hydroxylation is 2. The molecule has 0 spiro atoms. The Morgan fingerprint density at radius 3 is 2.88 bits per heavy atom. The molecule has 0 amide bonds. The van der Waals surface area contributed by atoms with Crippen molar-refractivity contribution in [1.29, 1.82) is 1.43 Å². The van der Waals surface area contributed by atoms with Crippen molar-refractivity contribution >= 4 is 0 Å². The van der Waals surface area contributed by atoms with Gasteiger partial charge in [0.25, 0.3) is 0 Å². The van der Waals surface area contributed by atoms with Gasteiger partial charge in [-0.05, 0) is 36.8 Å². The Labute approximate surface area is 105 Å². The van der Waals surface area contributed by atoms with Gasteiger partial charge in [0.15, 0.2) is 0 Å². The van der Waals surface area contributed by atoms with Gasteiger partial charge in [-0.2, -0.15) is 0 Å². The Bertz CT molecular complexity index is 423. The SMILES string of the molecule is [2H]OC(C1CCc2cc(C)ccc2O1)C(C)(C)C. The van der Waals surface area contributed by atoms with Gasteiger partial charge in [0.05, 0.1) is 6.10 Å². The van der Waals surface area contributed by atoms with E-state index in [9.17, 15) is 0 Å². The van der Waals surface area contributed by atoms with Gasteiger partial charge in [-0.1, -0.05) is 38.5 Å². The number of hydrogen-bond acceptors (Lipinski definition) is 2. The summed E-state index contributed by atoms with van der Waals surface area (Å²) in [6.45, 7) is 8.35. The lowest BCUT2D eigenvalue weighted by atomic mass is 9.83. The van der Waals surface area contributed by atoms with Crippen LogP contribution in [-0.2, 0) is 6.42 Å². The number of fused-ring (bicyclic) bond motifs is 1. The number of hydrogen-bond donors (Lipinski definition) is 1. The van der Waals surface area contributed by atoms with Crippen molar-refractivity contribution in [3.05, 3.63) is 29.3 Å². The van der Waals surface area contributed by atoms with Gasteiger partial charge in [-0.15, -0.1) is 0 Å². The molecule has 1 aliphatic rings. The quantitative estimate of drug-likeness (QED) is 0.853. The van der Waals surface area contributed by atoms with Crippen LogP contribution in [0.1, 0.15) is 38.3 Å². The van der Waals surface area contributed by atoms with E-state index in [1.54, 1.807) is 0 Å². The van der Waals surface area contributed by atoms with E-state index in [0.29, 0.717) is 0 Å². The highest BCUT2D eigenvalue weighted by atomic mass is 16.5. The van der Waals surface area contributed by atoms with Gasteiger partial charge >= 0.3 is 0 Å². The number of ether oxygens (including phenoxy) is 1. The van der Waals surface area contributed by atoms with Crippen molar-refractivity contribution in [3.8, 4) is 5.75 Å². The Hall–Kier alpha value is -1.02. The molecule has 1 N–H and O–H groups in total. The Balaban J connectivity index is 2.19. The predicted molar refractivity (Wildman–Crippen MR) is 69.4 cm³/mol. The summed E-state index contributed by atoms with van der Waals surface area (Å²) in [6, 6.07) is 6.27. The second-order valence-electron chi connectivity index (χ2n) is 6.09. The Morgan fingerprint density at radius 1 is 1.47 bits per heavy atom. The fourth-order valence-electron chi connectivity index (χ4n) is 2.31. The molecule has 1 aromatic carbocycles. The topological polar surface area (TPSA) is 29.5 Å². The maximum Gasteiger partial charge on any atom is 0.211 e. The molecule has 0 bridgehead atoms. The minimum atomic E-state index is -0.202. The fraction of sp³-hybridized carbons (Fsp3) is 0.600. The molecule has 1 heterocycles. The molecule has 2 heteroatoms. The Kier molecular flexibility index (Phi) is 2.83. The van der Waals surface area contributed by atoms with E-state index in [1.165, 1.54) is 11.1 Å². The van der Waals surface area contributed by atoms with E-state index in [2.05, 4.69) is 39.8 Å². The molecule has 0 fully saturated rings. The first kappa shape index (κ1) is 11.1. The maximum atomic E-state index is 7.29. The van der Waals surface area contributed by atoms with Crippen molar-refractivity contribution in [2.24, 2.45) is 5.41 Å². The number of benzene rings is 1. The standard InChI is InChI=1S/C15H22O2/c1-10-5-7-12-11(9-10)6-8-13(17-12)14(16)15(2,3)4/h5,7,9,13-14,16H,6,8H2,1-4H3/i16D. The van der Waals surface area contributed by atoms with Crippen molar-refractivity contribution in [1.82, 2.24) is 0 Å². The van der Waals surface area contributed by atoms with Crippen LogP contribution in [0.15, 0.2) is 18.2 Å². The fourth-order valence-corrected chi connectivity index (χ4v) is 2.31. The van der Waals surface area contributed by atoms with Crippen molar-refractivity contribution in [2.45, 2.75) is 52.7 Å². The molecule has 1 aliphatic heterocycles. The molecule has 2 rings (SSSR count). The average molecular weight is 235 g/mol. The average Bonchev–Trinajstić information content (AvgIpc) is 2.28. The van der Waals surface area contributed by atoms with Crippen LogP contribution in [0.2, 0.25) is 0 Å². The molecule has 0 radical (unpaired) electrons. The zero-order valence-electron chi connectivity index (χ0n) is 12.1. The first-order chi connectivity index (χ1) is 8.41. The third-order valence-corrected chi connectivity index (χ3v) is 3.38. The monoisotopic (exact) mass is 235 g/mol. The van der Waals surface area contributed by atoms with Gasteiger partial charge in [0, 0.05) is 0 Å². The van der Waals surface area contributed by atoms with Crippen LogP contribution >= 0.6 is 0 Å². The summed E-state index contributed by atoms with van der Waals surface area (Å²) in [5.74, 6) is 0.947. The van der Waals surface area contributed by atoms with E-state index >= 15 is 0 Å². The predicted octanol–water partition coefficient (Wildman–Crippen LogP) is 3.10. The largest absolute Gasteiger partial charge is 0.487 e. The summed E-state index contributed by atoms with van der Waals surface area (Å²) >= 11 is 0. The van der Waals surface area contributed by atoms with Crippen LogP contribution in [0, 0.1) is 12.3 Å². The van der Waals surface area contributed by atoms with E-state index in [1.807, 2.05) is 6.07 Å². The molecule has 2 atom stereocenters. The highest BCUT2D eigenvalue weighted by Crippen LogP contribution is 2.33. The summed E-state index contributed by atoms with van der Waals surface area (Å²) < 4.78 is 13.3. The van der Waals surface area contributed by atoms with E-state index < -0.39 is 0 Å². The first-order valence-corrected chi connectivity index (χ1v) is 6.30. The molecule has 0 saturated carbocycles. The van der Waals surface area contributed by atoms with Crippen LogP contribution in [0.3, 0.4) is 0 Å². The van der Waals surface area contributed by atoms with E-state index in [0.717, 1.165) is 18.6 Å². The molecule has 0 aromatic heterocycles. The summed E-state index contributed by atoms with van der Waals surface area (Å²) in [6.07, 6.45) is 1.68. The highest BCUT2D eigenvalue weighted by Gasteiger charge is 2.34. The third kappa shape index (κ3) is 2.63. The summed E-state index contributed by atoms with van der Waals surface area (Å²) in [4.78, 5) is 0. The van der Waals surface area contributed by atoms with Gasteiger partial charge < -0.3 is 9.85 Å². The van der Waals surface area contributed by atoms with E-state index in [4.69, 9.17) is 11.3 Å². The summed E-state index contributed by atoms with van der Waals surface area (Å²) in [5, 5.41) is 4.92. The molecule has 17 heavy (non-hydrogen) atoms. The molecule has 0 aliphatic carbocycles. The van der Waals surface area contributed by atoms with Gasteiger partial charge in [0.2, 0.25) is 1.43 Å². The van der Waals surface area contributed by atoms with Crippen LogP contribution in [0.5, 0.6) is 5.75 Å². The lowest BCUT2D eigenvalue weighted by molar-refractivity contribution is -0.0395. The smallest absolute Gasteiger partial charge is 0.211 e. The maximum absolute atomic E-state index is 7.29. The molecule has 0 saturated heterocycles. The molecule has 94 valence electrons. The summed E-state index contributed by atoms with van der Waals surface area (Å²) in [7, 11) is 0. The number of aliphatic hydroxyl groups is 1. The minimum Gasteiger partial charge on any atom is -0.487 e. The van der Waals surface area contributed by atoms with Crippen LogP contribution in [-0.4, -0.2) is 18.7 Å². The molecular formula is C15H22O2. The van der Waals surface area contributed by atoms with Crippen LogP contribution < -0.4 is 4.74 Å². The second-order valence-corrected chi connectivity index (χ2v) is 6.09. The second kappa shape index (κ2) is 4.34. The number of aliphatic hydroxyl groups excluding tert-OH is 1. The Morgan fingerprint density at radius 2 is 2.24 bits per heavy atom. The normalized spacial score (nSPS) is 22.4. The molecule has 1 aromatic rings. The molecule has 2 nitrogen and oxygen atoms in total.